The third-order valence-electron chi connectivity index (χ3n) is 3.61. The summed E-state index contributed by atoms with van der Waals surface area (Å²) in [6.07, 6.45) is 1.46. The lowest BCUT2D eigenvalue weighted by Crippen LogP contribution is -2.03. The van der Waals surface area contributed by atoms with Crippen molar-refractivity contribution >= 4 is 22.6 Å². The van der Waals surface area contributed by atoms with Gasteiger partial charge in [-0.3, -0.25) is 0 Å². The quantitative estimate of drug-likeness (QED) is 0.670. The van der Waals surface area contributed by atoms with Gasteiger partial charge in [0.15, 0.2) is 0 Å². The first-order valence-corrected chi connectivity index (χ1v) is 6.66. The number of nitrogens with zero attached hydrogens (tertiary/aromatic N) is 3. The Kier molecular flexibility index (Phi) is 3.18. The van der Waals surface area contributed by atoms with Gasteiger partial charge in [0.1, 0.15) is 22.9 Å². The van der Waals surface area contributed by atoms with Crippen LogP contribution < -0.4 is 0 Å². The van der Waals surface area contributed by atoms with E-state index in [2.05, 4.69) is 14.5 Å². The zero-order chi connectivity index (χ0) is 14.3. The fourth-order valence-electron chi connectivity index (χ4n) is 2.39. The van der Waals surface area contributed by atoms with Crippen molar-refractivity contribution in [2.45, 2.75) is 20.4 Å². The van der Waals surface area contributed by atoms with Crippen LogP contribution in [0.5, 0.6) is 0 Å². The van der Waals surface area contributed by atoms with Crippen LogP contribution in [0.15, 0.2) is 30.6 Å². The van der Waals surface area contributed by atoms with Crippen LogP contribution in [0.2, 0.25) is 5.15 Å². The van der Waals surface area contributed by atoms with E-state index < -0.39 is 0 Å². The molecule has 5 heteroatoms. The van der Waals surface area contributed by atoms with Crippen LogP contribution in [0.25, 0.3) is 11.0 Å². The van der Waals surface area contributed by atoms with E-state index in [4.69, 9.17) is 11.6 Å². The van der Waals surface area contributed by atoms with E-state index in [-0.39, 0.29) is 5.82 Å². The van der Waals surface area contributed by atoms with Crippen LogP contribution in [0.4, 0.5) is 4.39 Å². The van der Waals surface area contributed by atoms with Gasteiger partial charge in [0.05, 0.1) is 5.39 Å². The molecule has 3 aromatic rings. The molecule has 102 valence electrons. The molecule has 20 heavy (non-hydrogen) atoms. The summed E-state index contributed by atoms with van der Waals surface area (Å²) in [5.74, 6) is -0.232. The average Bonchev–Trinajstić information content (AvgIpc) is 2.67. The van der Waals surface area contributed by atoms with Gasteiger partial charge in [0.25, 0.3) is 0 Å². The first kappa shape index (κ1) is 13.1. The molecular formula is C15H13ClFN3. The molecule has 0 atom stereocenters. The number of hydrogen-bond acceptors (Lipinski definition) is 2. The number of fused-ring (bicyclic) bond motifs is 1. The Labute approximate surface area is 121 Å². The Bertz CT molecular complexity index is 778. The second kappa shape index (κ2) is 4.87. The van der Waals surface area contributed by atoms with Crippen molar-refractivity contribution in [1.29, 1.82) is 0 Å². The summed E-state index contributed by atoms with van der Waals surface area (Å²) in [4.78, 5) is 8.36. The summed E-state index contributed by atoms with van der Waals surface area (Å²) in [5, 5.41) is 1.35. The lowest BCUT2D eigenvalue weighted by Gasteiger charge is -2.08. The molecule has 0 saturated carbocycles. The van der Waals surface area contributed by atoms with Gasteiger partial charge in [-0.05, 0) is 37.1 Å². The van der Waals surface area contributed by atoms with Crippen molar-refractivity contribution < 1.29 is 4.39 Å². The number of aromatic nitrogens is 3. The smallest absolute Gasteiger partial charge is 0.145 e. The predicted molar refractivity (Wildman–Crippen MR) is 77.5 cm³/mol. The van der Waals surface area contributed by atoms with Crippen molar-refractivity contribution in [2.24, 2.45) is 0 Å². The molecule has 0 saturated heterocycles. The molecular weight excluding hydrogens is 277 g/mol. The van der Waals surface area contributed by atoms with Crippen molar-refractivity contribution in [1.82, 2.24) is 14.5 Å². The minimum absolute atomic E-state index is 0.232. The van der Waals surface area contributed by atoms with Gasteiger partial charge in [-0.15, -0.1) is 0 Å². The van der Waals surface area contributed by atoms with E-state index in [9.17, 15) is 4.39 Å². The normalized spacial score (nSPS) is 11.2. The van der Waals surface area contributed by atoms with Crippen LogP contribution in [0.3, 0.4) is 0 Å². The molecule has 2 heterocycles. The molecule has 0 fully saturated rings. The van der Waals surface area contributed by atoms with Crippen LogP contribution in [-0.4, -0.2) is 14.5 Å². The number of halogens is 2. The summed E-state index contributed by atoms with van der Waals surface area (Å²) >= 11 is 6.16. The second-order valence-corrected chi connectivity index (χ2v) is 5.14. The average molecular weight is 290 g/mol. The maximum atomic E-state index is 13.0. The molecule has 0 amide bonds. The number of benzene rings is 1. The zero-order valence-electron chi connectivity index (χ0n) is 11.2. The minimum atomic E-state index is -0.232. The first-order valence-electron chi connectivity index (χ1n) is 6.28. The maximum absolute atomic E-state index is 13.0. The molecule has 2 aromatic heterocycles. The number of aryl methyl sites for hydroxylation is 1. The fraction of sp³-hybridized carbons (Fsp3) is 0.200. The molecule has 0 aliphatic heterocycles. The Hall–Kier alpha value is -1.94. The second-order valence-electron chi connectivity index (χ2n) is 4.79. The van der Waals surface area contributed by atoms with Crippen molar-refractivity contribution in [3.63, 3.8) is 0 Å². The molecule has 0 spiro atoms. The van der Waals surface area contributed by atoms with Gasteiger partial charge in [0.2, 0.25) is 0 Å². The van der Waals surface area contributed by atoms with Gasteiger partial charge >= 0.3 is 0 Å². The van der Waals surface area contributed by atoms with Gasteiger partial charge in [-0.2, -0.15) is 0 Å². The molecule has 0 bridgehead atoms. The number of rotatable bonds is 2. The van der Waals surface area contributed by atoms with Gasteiger partial charge < -0.3 is 4.57 Å². The SMILES string of the molecule is Cc1c(C)n(Cc2ccc(F)cc2)c2ncnc(Cl)c12. The zero-order valence-corrected chi connectivity index (χ0v) is 11.9. The summed E-state index contributed by atoms with van der Waals surface area (Å²) in [6, 6.07) is 6.48. The summed E-state index contributed by atoms with van der Waals surface area (Å²) < 4.78 is 15.0. The van der Waals surface area contributed by atoms with Crippen LogP contribution in [-0.2, 0) is 6.54 Å². The summed E-state index contributed by atoms with van der Waals surface area (Å²) in [6.45, 7) is 4.66. The van der Waals surface area contributed by atoms with Crippen LogP contribution in [0, 0.1) is 19.7 Å². The molecule has 0 aliphatic rings. The van der Waals surface area contributed by atoms with Gasteiger partial charge in [-0.25, -0.2) is 14.4 Å². The lowest BCUT2D eigenvalue weighted by atomic mass is 10.2. The van der Waals surface area contributed by atoms with Crippen molar-refractivity contribution in [2.75, 3.05) is 0 Å². The van der Waals surface area contributed by atoms with E-state index in [1.165, 1.54) is 18.5 Å². The highest BCUT2D eigenvalue weighted by atomic mass is 35.5. The summed E-state index contributed by atoms with van der Waals surface area (Å²) in [5.41, 5.74) is 3.99. The molecule has 3 rings (SSSR count). The highest BCUT2D eigenvalue weighted by molar-refractivity contribution is 6.34. The van der Waals surface area contributed by atoms with Crippen molar-refractivity contribution in [3.8, 4) is 0 Å². The van der Waals surface area contributed by atoms with E-state index in [1.807, 2.05) is 13.8 Å². The van der Waals surface area contributed by atoms with E-state index in [0.717, 1.165) is 27.9 Å². The molecule has 0 unspecified atom stereocenters. The largest absolute Gasteiger partial charge is 0.325 e. The maximum Gasteiger partial charge on any atom is 0.145 e. The Morgan fingerprint density at radius 2 is 1.85 bits per heavy atom. The fourth-order valence-corrected chi connectivity index (χ4v) is 2.66. The van der Waals surface area contributed by atoms with Crippen LogP contribution in [0.1, 0.15) is 16.8 Å². The molecule has 3 nitrogen and oxygen atoms in total. The van der Waals surface area contributed by atoms with Crippen LogP contribution >= 0.6 is 11.6 Å². The monoisotopic (exact) mass is 289 g/mol. The summed E-state index contributed by atoms with van der Waals surface area (Å²) in [7, 11) is 0. The lowest BCUT2D eigenvalue weighted by molar-refractivity contribution is 0.626. The third-order valence-corrected chi connectivity index (χ3v) is 3.90. The highest BCUT2D eigenvalue weighted by Gasteiger charge is 2.15. The topological polar surface area (TPSA) is 30.7 Å². The molecule has 0 radical (unpaired) electrons. The standard InChI is InChI=1S/C15H13ClFN3/c1-9-10(2)20(7-11-3-5-12(17)6-4-11)15-13(9)14(16)18-8-19-15/h3-6,8H,7H2,1-2H3. The molecule has 1 aromatic carbocycles. The van der Waals surface area contributed by atoms with Gasteiger partial charge in [-0.1, -0.05) is 23.7 Å². The number of hydrogen-bond donors (Lipinski definition) is 0. The van der Waals surface area contributed by atoms with E-state index in [0.29, 0.717) is 11.7 Å². The minimum Gasteiger partial charge on any atom is -0.325 e. The van der Waals surface area contributed by atoms with E-state index >= 15 is 0 Å². The van der Waals surface area contributed by atoms with Gasteiger partial charge in [0, 0.05) is 12.2 Å². The van der Waals surface area contributed by atoms with E-state index in [1.54, 1.807) is 12.1 Å². The molecule has 0 N–H and O–H groups in total. The first-order chi connectivity index (χ1) is 9.58. The predicted octanol–water partition coefficient (Wildman–Crippen LogP) is 3.89. The van der Waals surface area contributed by atoms with Crippen molar-refractivity contribution in [3.05, 3.63) is 58.4 Å². The highest BCUT2D eigenvalue weighted by Crippen LogP contribution is 2.28. The Balaban J connectivity index is 2.14. The third kappa shape index (κ3) is 2.06. The Morgan fingerprint density at radius 3 is 2.55 bits per heavy atom. The Morgan fingerprint density at radius 1 is 1.15 bits per heavy atom. The molecule has 0 aliphatic carbocycles.